The van der Waals surface area contributed by atoms with Crippen LogP contribution < -0.4 is 4.48 Å². The van der Waals surface area contributed by atoms with Gasteiger partial charge in [0.15, 0.2) is 6.73 Å². The van der Waals surface area contributed by atoms with Crippen molar-refractivity contribution in [2.24, 2.45) is 0 Å². The first-order valence-electron chi connectivity index (χ1n) is 5.07. The first kappa shape index (κ1) is 10.9. The van der Waals surface area contributed by atoms with Crippen LogP contribution in [0.15, 0.2) is 24.3 Å². The van der Waals surface area contributed by atoms with Crippen LogP contribution in [0.2, 0.25) is 5.02 Å². The van der Waals surface area contributed by atoms with Crippen LogP contribution in [0.4, 0.5) is 5.69 Å². The van der Waals surface area contributed by atoms with E-state index in [4.69, 9.17) is 11.6 Å². The highest BCUT2D eigenvalue weighted by molar-refractivity contribution is 6.30. The van der Waals surface area contributed by atoms with Gasteiger partial charge < -0.3 is 10.2 Å². The molecule has 0 radical (unpaired) electrons. The zero-order valence-corrected chi connectivity index (χ0v) is 9.19. The summed E-state index contributed by atoms with van der Waals surface area (Å²) in [6, 6.07) is 7.49. The van der Waals surface area contributed by atoms with Crippen molar-refractivity contribution in [3.63, 3.8) is 0 Å². The Bertz CT molecular complexity index is 358. The number of aliphatic hydroxyl groups excluding tert-OH is 2. The molecule has 1 heterocycles. The van der Waals surface area contributed by atoms with Crippen LogP contribution in [-0.2, 0) is 0 Å². The Labute approximate surface area is 94.1 Å². The van der Waals surface area contributed by atoms with E-state index in [1.807, 2.05) is 24.3 Å². The largest absolute Gasteiger partial charge is 0.387 e. The van der Waals surface area contributed by atoms with Crippen LogP contribution in [-0.4, -0.2) is 36.1 Å². The number of halogens is 1. The smallest absolute Gasteiger partial charge is 0.185 e. The molecule has 2 atom stereocenters. The molecule has 0 aliphatic carbocycles. The maximum atomic E-state index is 9.57. The van der Waals surface area contributed by atoms with Gasteiger partial charge in [0.05, 0.1) is 6.54 Å². The van der Waals surface area contributed by atoms with Gasteiger partial charge in [0, 0.05) is 17.5 Å². The Balaban J connectivity index is 2.34. The Kier molecular flexibility index (Phi) is 2.98. The number of benzene rings is 1. The van der Waals surface area contributed by atoms with Crippen molar-refractivity contribution in [3.05, 3.63) is 29.3 Å². The fraction of sp³-hybridized carbons (Fsp3) is 0.455. The van der Waals surface area contributed by atoms with Crippen molar-refractivity contribution < 1.29 is 10.2 Å². The van der Waals surface area contributed by atoms with Gasteiger partial charge in [-0.2, -0.15) is 0 Å². The lowest BCUT2D eigenvalue weighted by Gasteiger charge is -2.31. The highest BCUT2D eigenvalue weighted by atomic mass is 35.5. The van der Waals surface area contributed by atoms with Crippen LogP contribution in [0, 0.1) is 0 Å². The van der Waals surface area contributed by atoms with Crippen molar-refractivity contribution >= 4 is 17.3 Å². The van der Waals surface area contributed by atoms with Crippen LogP contribution in [0.3, 0.4) is 0 Å². The molecule has 15 heavy (non-hydrogen) atoms. The predicted octanol–water partition coefficient (Wildman–Crippen LogP) is 1.36. The van der Waals surface area contributed by atoms with Crippen LogP contribution in [0.1, 0.15) is 6.42 Å². The molecular weight excluding hydrogens is 214 g/mol. The number of quaternary nitrogens is 1. The second-order valence-electron chi connectivity index (χ2n) is 4.12. The first-order chi connectivity index (χ1) is 7.16. The van der Waals surface area contributed by atoms with E-state index in [1.54, 1.807) is 0 Å². The van der Waals surface area contributed by atoms with Gasteiger partial charge in [-0.3, -0.25) is 4.48 Å². The number of aliphatic hydroxyl groups is 2. The molecule has 1 aromatic rings. The maximum absolute atomic E-state index is 9.57. The minimum Gasteiger partial charge on any atom is -0.387 e. The molecule has 1 saturated heterocycles. The van der Waals surface area contributed by atoms with Gasteiger partial charge in [0.25, 0.3) is 0 Å². The number of hydrogen-bond donors (Lipinski definition) is 2. The summed E-state index contributed by atoms with van der Waals surface area (Å²) in [5.41, 5.74) is 0.974. The second kappa shape index (κ2) is 4.10. The predicted molar refractivity (Wildman–Crippen MR) is 60.7 cm³/mol. The molecule has 1 aromatic carbocycles. The monoisotopic (exact) mass is 228 g/mol. The molecule has 0 spiro atoms. The molecule has 0 unspecified atom stereocenters. The lowest BCUT2D eigenvalue weighted by Crippen LogP contribution is -2.48. The van der Waals surface area contributed by atoms with E-state index in [0.29, 0.717) is 16.1 Å². The highest BCUT2D eigenvalue weighted by Gasteiger charge is 2.38. The van der Waals surface area contributed by atoms with Crippen LogP contribution in [0.5, 0.6) is 0 Å². The first-order valence-corrected chi connectivity index (χ1v) is 5.45. The number of likely N-dealkylation sites (tertiary alicyclic amines) is 1. The lowest BCUT2D eigenvalue weighted by molar-refractivity contribution is 0.111. The molecule has 1 aliphatic heterocycles. The summed E-state index contributed by atoms with van der Waals surface area (Å²) in [5, 5.41) is 19.7. The summed E-state index contributed by atoms with van der Waals surface area (Å²) < 4.78 is 0.418. The molecule has 3 nitrogen and oxygen atoms in total. The van der Waals surface area contributed by atoms with Crippen LogP contribution >= 0.6 is 11.6 Å². The summed E-state index contributed by atoms with van der Waals surface area (Å²) in [5.74, 6) is 0. The lowest BCUT2D eigenvalue weighted by atomic mass is 10.2. The van der Waals surface area contributed by atoms with E-state index in [2.05, 4.69) is 0 Å². The van der Waals surface area contributed by atoms with Gasteiger partial charge in [0.1, 0.15) is 18.3 Å². The van der Waals surface area contributed by atoms with Gasteiger partial charge in [-0.25, -0.2) is 0 Å². The Hall–Kier alpha value is -0.610. The fourth-order valence-electron chi connectivity index (χ4n) is 2.20. The SMILES string of the molecule is OC[N@+]1(c2cccc(Cl)c2)CC[C@@H](O)C1. The molecular formula is C11H15ClNO2+. The van der Waals surface area contributed by atoms with E-state index in [-0.39, 0.29) is 12.8 Å². The summed E-state index contributed by atoms with van der Waals surface area (Å²) >= 11 is 5.92. The van der Waals surface area contributed by atoms with Gasteiger partial charge in [-0.1, -0.05) is 17.7 Å². The third-order valence-corrected chi connectivity index (χ3v) is 3.31. The Morgan fingerprint density at radius 3 is 2.80 bits per heavy atom. The standard InChI is InChI=1S/C11H15ClNO2/c12-9-2-1-3-10(6-9)13(8-14)5-4-11(15)7-13/h1-3,6,11,14-15H,4-5,7-8H2/q+1/t11-,13+/m1/s1. The quantitative estimate of drug-likeness (QED) is 0.751. The third-order valence-electron chi connectivity index (χ3n) is 3.08. The average Bonchev–Trinajstić information content (AvgIpc) is 2.61. The summed E-state index contributed by atoms with van der Waals surface area (Å²) in [6.07, 6.45) is 0.406. The fourth-order valence-corrected chi connectivity index (χ4v) is 2.38. The zero-order chi connectivity index (χ0) is 10.9. The molecule has 0 aromatic heterocycles. The number of hydrogen-bond acceptors (Lipinski definition) is 2. The van der Waals surface area contributed by atoms with Crippen molar-refractivity contribution in [1.29, 1.82) is 0 Å². The van der Waals surface area contributed by atoms with Gasteiger partial charge in [-0.15, -0.1) is 0 Å². The molecule has 0 bridgehead atoms. The third kappa shape index (κ3) is 2.01. The summed E-state index contributed by atoms with van der Waals surface area (Å²) in [6.45, 7) is 1.34. The number of nitrogens with zero attached hydrogens (tertiary/aromatic N) is 1. The van der Waals surface area contributed by atoms with Gasteiger partial charge in [-0.05, 0) is 12.1 Å². The highest BCUT2D eigenvalue weighted by Crippen LogP contribution is 2.30. The van der Waals surface area contributed by atoms with E-state index >= 15 is 0 Å². The molecule has 4 heteroatoms. The van der Waals surface area contributed by atoms with Crippen LogP contribution in [0.25, 0.3) is 0 Å². The van der Waals surface area contributed by atoms with Gasteiger partial charge >= 0.3 is 0 Å². The molecule has 82 valence electrons. The number of rotatable bonds is 2. The zero-order valence-electron chi connectivity index (χ0n) is 8.43. The van der Waals surface area contributed by atoms with Crippen molar-refractivity contribution in [2.45, 2.75) is 12.5 Å². The minimum absolute atomic E-state index is 0.0113. The van der Waals surface area contributed by atoms with Crippen molar-refractivity contribution in [1.82, 2.24) is 4.48 Å². The van der Waals surface area contributed by atoms with Crippen molar-refractivity contribution in [3.8, 4) is 0 Å². The topological polar surface area (TPSA) is 40.5 Å². The summed E-state index contributed by atoms with van der Waals surface area (Å²) in [4.78, 5) is 0. The average molecular weight is 229 g/mol. The van der Waals surface area contributed by atoms with Crippen molar-refractivity contribution in [2.75, 3.05) is 19.8 Å². The van der Waals surface area contributed by atoms with E-state index in [1.165, 1.54) is 0 Å². The van der Waals surface area contributed by atoms with E-state index < -0.39 is 0 Å². The summed E-state index contributed by atoms with van der Waals surface area (Å²) in [7, 11) is 0. The molecule has 0 amide bonds. The molecule has 2 N–H and O–H groups in total. The molecule has 1 aliphatic rings. The second-order valence-corrected chi connectivity index (χ2v) is 4.55. The van der Waals surface area contributed by atoms with E-state index in [0.717, 1.165) is 18.7 Å². The van der Waals surface area contributed by atoms with E-state index in [9.17, 15) is 10.2 Å². The molecule has 2 rings (SSSR count). The molecule has 1 fully saturated rings. The normalized spacial score (nSPS) is 30.7. The van der Waals surface area contributed by atoms with Gasteiger partial charge in [0.2, 0.25) is 0 Å². The minimum atomic E-state index is -0.323. The Morgan fingerprint density at radius 2 is 2.27 bits per heavy atom. The maximum Gasteiger partial charge on any atom is 0.185 e. The molecule has 0 saturated carbocycles. The Morgan fingerprint density at radius 1 is 1.47 bits per heavy atom.